The van der Waals surface area contributed by atoms with Gasteiger partial charge in [-0.05, 0) is 12.6 Å². The first-order valence-electron chi connectivity index (χ1n) is 2.03. The fourth-order valence-electron chi connectivity index (χ4n) is 0.201. The van der Waals surface area contributed by atoms with Crippen LogP contribution in [0.5, 0.6) is 0 Å². The molecular formula is C3H8O2PS-. The molecule has 0 radical (unpaired) electrons. The first kappa shape index (κ1) is 7.54. The molecule has 0 saturated carbocycles. The number of hydrogen-bond donors (Lipinski definition) is 0. The van der Waals surface area contributed by atoms with Crippen molar-refractivity contribution in [2.75, 3.05) is 11.9 Å². The lowest BCUT2D eigenvalue weighted by Crippen LogP contribution is -1.94. The summed E-state index contributed by atoms with van der Waals surface area (Å²) in [5, 5.41) is 0. The molecule has 0 heterocycles. The monoisotopic (exact) mass is 139 g/mol. The quantitative estimate of drug-likeness (QED) is 0.412. The van der Waals surface area contributed by atoms with E-state index in [1.165, 1.54) is 0 Å². The van der Waals surface area contributed by atoms with E-state index in [1.807, 2.05) is 0 Å². The van der Waals surface area contributed by atoms with Gasteiger partial charge in [-0.25, -0.2) is 0 Å². The summed E-state index contributed by atoms with van der Waals surface area (Å²) in [4.78, 5) is 0. The average molecular weight is 139 g/mol. The van der Waals surface area contributed by atoms with Crippen LogP contribution in [0.4, 0.5) is 0 Å². The van der Waals surface area contributed by atoms with Gasteiger partial charge in [0.1, 0.15) is 0 Å². The molecule has 0 rings (SSSR count). The van der Waals surface area contributed by atoms with Gasteiger partial charge >= 0.3 is 0 Å². The summed E-state index contributed by atoms with van der Waals surface area (Å²) in [6, 6.07) is 0. The summed E-state index contributed by atoms with van der Waals surface area (Å²) in [5.74, 6) is 0.295. The number of hydrogen-bond acceptors (Lipinski definition) is 2. The predicted molar refractivity (Wildman–Crippen MR) is 33.0 cm³/mol. The van der Waals surface area contributed by atoms with Crippen LogP contribution in [0.25, 0.3) is 0 Å². The van der Waals surface area contributed by atoms with Crippen molar-refractivity contribution >= 4 is 20.3 Å². The molecule has 0 bridgehead atoms. The van der Waals surface area contributed by atoms with E-state index in [-0.39, 0.29) is 0 Å². The maximum atomic E-state index is 9.75. The van der Waals surface area contributed by atoms with Crippen LogP contribution in [0.3, 0.4) is 0 Å². The Morgan fingerprint density at radius 1 is 1.71 bits per heavy atom. The minimum Gasteiger partial charge on any atom is -0.772 e. The molecule has 0 spiro atoms. The van der Waals surface area contributed by atoms with Crippen molar-refractivity contribution in [1.82, 2.24) is 0 Å². The fraction of sp³-hybridized carbons (Fsp3) is 1.00. The van der Waals surface area contributed by atoms with E-state index in [4.69, 9.17) is 0 Å². The zero-order valence-electron chi connectivity index (χ0n) is 3.92. The van der Waals surface area contributed by atoms with E-state index in [0.29, 0.717) is 5.75 Å². The summed E-state index contributed by atoms with van der Waals surface area (Å²) < 4.78 is 19.5. The highest BCUT2D eigenvalue weighted by Crippen LogP contribution is 1.88. The molecule has 0 fully saturated rings. The van der Waals surface area contributed by atoms with E-state index in [2.05, 4.69) is 9.24 Å². The zero-order valence-corrected chi connectivity index (χ0v) is 5.89. The van der Waals surface area contributed by atoms with E-state index >= 15 is 0 Å². The molecule has 0 N–H and O–H groups in total. The highest BCUT2D eigenvalue weighted by Gasteiger charge is 1.79. The molecular weight excluding hydrogens is 131 g/mol. The van der Waals surface area contributed by atoms with Gasteiger partial charge in [-0.3, -0.25) is 4.21 Å². The highest BCUT2D eigenvalue weighted by molar-refractivity contribution is 7.79. The molecule has 2 atom stereocenters. The lowest BCUT2D eigenvalue weighted by atomic mass is 10.6. The molecule has 0 aromatic carbocycles. The second-order valence-electron chi connectivity index (χ2n) is 1.15. The van der Waals surface area contributed by atoms with E-state index < -0.39 is 11.1 Å². The Morgan fingerprint density at radius 3 is 2.43 bits per heavy atom. The van der Waals surface area contributed by atoms with Crippen molar-refractivity contribution in [3.8, 4) is 0 Å². The van der Waals surface area contributed by atoms with Gasteiger partial charge in [-0.2, -0.15) is 0 Å². The van der Waals surface area contributed by atoms with Crippen molar-refractivity contribution in [2.45, 2.75) is 6.42 Å². The Kier molecular flexibility index (Phi) is 5.05. The molecule has 7 heavy (non-hydrogen) atoms. The third-order valence-corrected chi connectivity index (χ3v) is 1.55. The van der Waals surface area contributed by atoms with Gasteiger partial charge in [0.2, 0.25) is 0 Å². The van der Waals surface area contributed by atoms with E-state index in [0.717, 1.165) is 12.6 Å². The predicted octanol–water partition coefficient (Wildman–Crippen LogP) is 0.131. The third kappa shape index (κ3) is 6.54. The standard InChI is InChI=1S/C3H9O2PS/c4-7(5)3-1-2-6/h1-3,6H2,(H,4,5)/p-1. The Bertz CT molecular complexity index is 66.0. The Morgan fingerprint density at radius 2 is 2.29 bits per heavy atom. The molecule has 0 aliphatic carbocycles. The van der Waals surface area contributed by atoms with Crippen LogP contribution >= 0.6 is 9.24 Å². The number of rotatable bonds is 3. The van der Waals surface area contributed by atoms with E-state index in [1.54, 1.807) is 0 Å². The van der Waals surface area contributed by atoms with Gasteiger partial charge in [0.05, 0.1) is 0 Å². The van der Waals surface area contributed by atoms with Crippen LogP contribution < -0.4 is 0 Å². The second-order valence-corrected chi connectivity index (χ2v) is 2.74. The summed E-state index contributed by atoms with van der Waals surface area (Å²) in [7, 11) is 2.47. The van der Waals surface area contributed by atoms with E-state index in [9.17, 15) is 8.76 Å². The molecule has 2 nitrogen and oxygen atoms in total. The molecule has 4 heteroatoms. The topological polar surface area (TPSA) is 40.1 Å². The molecule has 2 unspecified atom stereocenters. The van der Waals surface area contributed by atoms with Crippen LogP contribution in [0.2, 0.25) is 0 Å². The largest absolute Gasteiger partial charge is 0.772 e. The van der Waals surface area contributed by atoms with Crippen molar-refractivity contribution < 1.29 is 8.76 Å². The lowest BCUT2D eigenvalue weighted by Gasteiger charge is -1.99. The van der Waals surface area contributed by atoms with Crippen molar-refractivity contribution in [2.24, 2.45) is 0 Å². The van der Waals surface area contributed by atoms with Gasteiger partial charge < -0.3 is 4.55 Å². The maximum Gasteiger partial charge on any atom is 0.0105 e. The minimum atomic E-state index is -1.83. The van der Waals surface area contributed by atoms with Gasteiger partial charge in [-0.1, -0.05) is 11.1 Å². The summed E-state index contributed by atoms with van der Waals surface area (Å²) in [6.45, 7) is 0. The summed E-state index contributed by atoms with van der Waals surface area (Å²) in [6.07, 6.45) is 1.62. The zero-order chi connectivity index (χ0) is 5.70. The highest BCUT2D eigenvalue weighted by atomic mass is 32.2. The van der Waals surface area contributed by atoms with Gasteiger partial charge in [0.15, 0.2) is 0 Å². The van der Waals surface area contributed by atoms with Crippen LogP contribution in [-0.2, 0) is 11.1 Å². The molecule has 44 valence electrons. The molecule has 0 aromatic rings. The fourth-order valence-corrected chi connectivity index (χ4v) is 1.10. The second kappa shape index (κ2) is 4.69. The van der Waals surface area contributed by atoms with Crippen LogP contribution in [0.15, 0.2) is 0 Å². The average Bonchev–Trinajstić information content (AvgIpc) is 1.61. The SMILES string of the molecule is O=S([O-])CCCP. The van der Waals surface area contributed by atoms with Crippen molar-refractivity contribution in [3.63, 3.8) is 0 Å². The van der Waals surface area contributed by atoms with Crippen LogP contribution in [0.1, 0.15) is 6.42 Å². The first-order valence-corrected chi connectivity index (χ1v) is 4.09. The Balaban J connectivity index is 2.82. The Hall–Kier alpha value is 0.540. The molecule has 0 aliphatic rings. The van der Waals surface area contributed by atoms with Crippen molar-refractivity contribution in [1.29, 1.82) is 0 Å². The Labute approximate surface area is 48.2 Å². The van der Waals surface area contributed by atoms with Crippen molar-refractivity contribution in [3.05, 3.63) is 0 Å². The van der Waals surface area contributed by atoms with Crippen LogP contribution in [0, 0.1) is 0 Å². The van der Waals surface area contributed by atoms with Gasteiger partial charge in [0.25, 0.3) is 0 Å². The first-order chi connectivity index (χ1) is 3.27. The third-order valence-electron chi connectivity index (χ3n) is 0.515. The summed E-state index contributed by atoms with van der Waals surface area (Å²) >= 11 is -1.83. The minimum absolute atomic E-state index is 0.295. The lowest BCUT2D eigenvalue weighted by molar-refractivity contribution is 0.536. The normalized spacial score (nSPS) is 14.0. The molecule has 0 aliphatic heterocycles. The smallest absolute Gasteiger partial charge is 0.0105 e. The van der Waals surface area contributed by atoms with Gasteiger partial charge in [-0.15, -0.1) is 9.24 Å². The van der Waals surface area contributed by atoms with Crippen LogP contribution in [-0.4, -0.2) is 20.7 Å². The maximum absolute atomic E-state index is 9.75. The molecule has 0 aromatic heterocycles. The molecule has 0 amide bonds. The van der Waals surface area contributed by atoms with Gasteiger partial charge in [0, 0.05) is 5.75 Å². The summed E-state index contributed by atoms with van der Waals surface area (Å²) in [5.41, 5.74) is 0. The molecule has 0 saturated heterocycles.